The Morgan fingerprint density at radius 3 is 2.04 bits per heavy atom. The molecule has 0 atom stereocenters. The van der Waals surface area contributed by atoms with E-state index in [0.29, 0.717) is 0 Å². The Morgan fingerprint density at radius 1 is 0.714 bits per heavy atom. The second-order valence-electron chi connectivity index (χ2n) is 8.27. The van der Waals surface area contributed by atoms with Crippen molar-refractivity contribution in [3.05, 3.63) is 70.8 Å². The number of aryl methyl sites for hydroxylation is 5. The fourth-order valence-corrected chi connectivity index (χ4v) is 4.64. The van der Waals surface area contributed by atoms with Crippen LogP contribution in [-0.4, -0.2) is 14.1 Å². The first kappa shape index (κ1) is 18.5. The summed E-state index contributed by atoms with van der Waals surface area (Å²) in [6.45, 7) is 8.89. The number of hydrogen-bond acceptors (Lipinski definition) is 1. The van der Waals surface area contributed by atoms with E-state index in [1.807, 2.05) is 0 Å². The summed E-state index contributed by atoms with van der Waals surface area (Å²) in [6, 6.07) is 18.1. The molecule has 0 aliphatic heterocycles. The Hall–Kier alpha value is -2.87. The normalized spacial score (nSPS) is 11.4. The third-order valence-electron chi connectivity index (χ3n) is 5.92. The van der Waals surface area contributed by atoms with Crippen molar-refractivity contribution in [3.63, 3.8) is 0 Å². The van der Waals surface area contributed by atoms with Crippen LogP contribution in [0.1, 0.15) is 22.3 Å². The van der Waals surface area contributed by atoms with Gasteiger partial charge in [-0.15, -0.1) is 0 Å². The van der Waals surface area contributed by atoms with E-state index < -0.39 is 0 Å². The van der Waals surface area contributed by atoms with Gasteiger partial charge >= 0.3 is 0 Å². The number of anilines is 1. The molecule has 1 aromatic heterocycles. The molecule has 1 heterocycles. The first-order valence-electron chi connectivity index (χ1n) is 9.90. The van der Waals surface area contributed by atoms with Crippen molar-refractivity contribution in [1.82, 2.24) is 0 Å². The summed E-state index contributed by atoms with van der Waals surface area (Å²) in [4.78, 5) is 2.17. The highest BCUT2D eigenvalue weighted by Crippen LogP contribution is 2.40. The molecule has 0 aliphatic rings. The first-order valence-corrected chi connectivity index (χ1v) is 9.90. The lowest BCUT2D eigenvalue weighted by atomic mass is 9.87. The highest BCUT2D eigenvalue weighted by atomic mass is 15.1. The number of pyridine rings is 1. The molecule has 0 N–H and O–H groups in total. The fourth-order valence-electron chi connectivity index (χ4n) is 4.64. The van der Waals surface area contributed by atoms with Crippen LogP contribution in [-0.2, 0) is 7.05 Å². The molecule has 3 aromatic carbocycles. The van der Waals surface area contributed by atoms with Crippen LogP contribution in [0.3, 0.4) is 0 Å². The first-order chi connectivity index (χ1) is 13.3. The SMILES string of the molecule is Cc1cc(C)c(-c2c3ccc(N(C)C)cc3[n+](C)c3cccc(C)c23)c(C)c1. The Balaban J connectivity index is 2.28. The molecule has 0 bridgehead atoms. The summed E-state index contributed by atoms with van der Waals surface area (Å²) in [7, 11) is 6.38. The summed E-state index contributed by atoms with van der Waals surface area (Å²) in [5, 5.41) is 2.66. The van der Waals surface area contributed by atoms with Crippen LogP contribution in [0.2, 0.25) is 0 Å². The highest BCUT2D eigenvalue weighted by molar-refractivity contribution is 6.10. The van der Waals surface area contributed by atoms with Gasteiger partial charge in [-0.1, -0.05) is 29.8 Å². The molecule has 2 nitrogen and oxygen atoms in total. The van der Waals surface area contributed by atoms with Gasteiger partial charge in [0, 0.05) is 37.5 Å². The molecule has 4 aromatic rings. The van der Waals surface area contributed by atoms with Crippen molar-refractivity contribution in [2.75, 3.05) is 19.0 Å². The zero-order valence-electron chi connectivity index (χ0n) is 18.0. The lowest BCUT2D eigenvalue weighted by molar-refractivity contribution is -0.617. The lowest BCUT2D eigenvalue weighted by Gasteiger charge is -2.18. The van der Waals surface area contributed by atoms with E-state index in [1.165, 1.54) is 60.9 Å². The van der Waals surface area contributed by atoms with E-state index in [1.54, 1.807) is 0 Å². The van der Waals surface area contributed by atoms with Gasteiger partial charge in [-0.2, -0.15) is 4.57 Å². The van der Waals surface area contributed by atoms with Gasteiger partial charge in [-0.05, 0) is 62.1 Å². The Morgan fingerprint density at radius 2 is 1.39 bits per heavy atom. The lowest BCUT2D eigenvalue weighted by Crippen LogP contribution is -2.31. The molecular weight excluding hydrogens is 340 g/mol. The summed E-state index contributed by atoms with van der Waals surface area (Å²) in [5.74, 6) is 0. The van der Waals surface area contributed by atoms with Crippen LogP contribution in [0.25, 0.3) is 32.9 Å². The number of nitrogens with zero attached hydrogens (tertiary/aromatic N) is 2. The third kappa shape index (κ3) is 2.75. The number of hydrogen-bond donors (Lipinski definition) is 0. The van der Waals surface area contributed by atoms with Gasteiger partial charge < -0.3 is 4.90 Å². The largest absolute Gasteiger partial charge is 0.377 e. The molecule has 4 rings (SSSR count). The van der Waals surface area contributed by atoms with E-state index in [-0.39, 0.29) is 0 Å². The van der Waals surface area contributed by atoms with E-state index in [4.69, 9.17) is 0 Å². The van der Waals surface area contributed by atoms with Crippen LogP contribution < -0.4 is 9.47 Å². The molecule has 0 spiro atoms. The molecule has 0 radical (unpaired) electrons. The standard InChI is InChI=1S/C26H29N2/c1-16-13-18(3)24(19(4)14-16)26-21-12-11-20(27(5)6)15-23(21)28(7)22-10-8-9-17(2)25(22)26/h8-15H,1-7H3/q+1. The number of aromatic nitrogens is 1. The van der Waals surface area contributed by atoms with Crippen molar-refractivity contribution < 1.29 is 4.57 Å². The third-order valence-corrected chi connectivity index (χ3v) is 5.92. The molecule has 0 amide bonds. The van der Waals surface area contributed by atoms with Gasteiger partial charge in [-0.3, -0.25) is 0 Å². The van der Waals surface area contributed by atoms with Crippen LogP contribution in [0.15, 0.2) is 48.5 Å². The molecule has 0 fully saturated rings. The number of benzene rings is 3. The highest BCUT2D eigenvalue weighted by Gasteiger charge is 2.23. The van der Waals surface area contributed by atoms with Gasteiger partial charge in [0.2, 0.25) is 11.0 Å². The van der Waals surface area contributed by atoms with E-state index in [0.717, 1.165) is 0 Å². The summed E-state index contributed by atoms with van der Waals surface area (Å²) >= 11 is 0. The van der Waals surface area contributed by atoms with Gasteiger partial charge in [0.25, 0.3) is 0 Å². The quantitative estimate of drug-likeness (QED) is 0.321. The van der Waals surface area contributed by atoms with Crippen LogP contribution in [0.5, 0.6) is 0 Å². The second-order valence-corrected chi connectivity index (χ2v) is 8.27. The van der Waals surface area contributed by atoms with Gasteiger partial charge in [0.1, 0.15) is 7.05 Å². The smallest absolute Gasteiger partial charge is 0.215 e. The molecule has 0 saturated carbocycles. The van der Waals surface area contributed by atoms with Crippen LogP contribution in [0.4, 0.5) is 5.69 Å². The van der Waals surface area contributed by atoms with E-state index >= 15 is 0 Å². The summed E-state index contributed by atoms with van der Waals surface area (Å²) in [5.41, 5.74) is 11.8. The summed E-state index contributed by atoms with van der Waals surface area (Å²) < 4.78 is 2.34. The predicted octanol–water partition coefficient (Wildman–Crippen LogP) is 5.78. The maximum absolute atomic E-state index is 2.34. The number of rotatable bonds is 2. The Bertz CT molecular complexity index is 1210. The van der Waals surface area contributed by atoms with E-state index in [2.05, 4.69) is 107 Å². The predicted molar refractivity (Wildman–Crippen MR) is 121 cm³/mol. The molecular formula is C26H29N2+. The van der Waals surface area contributed by atoms with Gasteiger partial charge in [-0.25, -0.2) is 0 Å². The van der Waals surface area contributed by atoms with Crippen molar-refractivity contribution in [2.45, 2.75) is 27.7 Å². The maximum Gasteiger partial charge on any atom is 0.215 e. The summed E-state index contributed by atoms with van der Waals surface area (Å²) in [6.07, 6.45) is 0. The zero-order chi connectivity index (χ0) is 20.2. The second kappa shape index (κ2) is 6.63. The molecule has 2 heteroatoms. The molecule has 0 saturated heterocycles. The monoisotopic (exact) mass is 369 g/mol. The van der Waals surface area contributed by atoms with Crippen molar-refractivity contribution in [1.29, 1.82) is 0 Å². The van der Waals surface area contributed by atoms with Crippen LogP contribution in [0, 0.1) is 27.7 Å². The topological polar surface area (TPSA) is 7.12 Å². The number of fused-ring (bicyclic) bond motifs is 2. The molecule has 28 heavy (non-hydrogen) atoms. The van der Waals surface area contributed by atoms with Crippen molar-refractivity contribution >= 4 is 27.5 Å². The Kier molecular flexibility index (Phi) is 4.38. The van der Waals surface area contributed by atoms with E-state index in [9.17, 15) is 0 Å². The minimum atomic E-state index is 1.22. The van der Waals surface area contributed by atoms with Gasteiger partial charge in [0.15, 0.2) is 0 Å². The molecule has 142 valence electrons. The minimum absolute atomic E-state index is 1.22. The Labute approximate surface area is 168 Å². The average molecular weight is 370 g/mol. The fraction of sp³-hybridized carbons (Fsp3) is 0.269. The van der Waals surface area contributed by atoms with Crippen molar-refractivity contribution in [2.24, 2.45) is 7.05 Å². The molecule has 0 aliphatic carbocycles. The van der Waals surface area contributed by atoms with Crippen LogP contribution >= 0.6 is 0 Å². The minimum Gasteiger partial charge on any atom is -0.377 e. The molecule has 0 unspecified atom stereocenters. The maximum atomic E-state index is 2.34. The average Bonchev–Trinajstić information content (AvgIpc) is 2.63. The van der Waals surface area contributed by atoms with Gasteiger partial charge in [0.05, 0.1) is 10.8 Å². The zero-order valence-corrected chi connectivity index (χ0v) is 18.0. The van der Waals surface area contributed by atoms with Crippen molar-refractivity contribution in [3.8, 4) is 11.1 Å².